The number of nitrogens with zero attached hydrogens (tertiary/aromatic N) is 4. The largest absolute Gasteiger partial charge is 0.367 e. The molecule has 10 heteroatoms. The third kappa shape index (κ3) is 4.38. The maximum absolute atomic E-state index is 12.4. The summed E-state index contributed by atoms with van der Waals surface area (Å²) in [4.78, 5) is 19.5. The van der Waals surface area contributed by atoms with Gasteiger partial charge < -0.3 is 5.32 Å². The molecule has 1 aliphatic carbocycles. The van der Waals surface area contributed by atoms with E-state index in [1.807, 2.05) is 13.0 Å². The second-order valence-corrected chi connectivity index (χ2v) is 9.80. The van der Waals surface area contributed by atoms with Crippen molar-refractivity contribution in [2.24, 2.45) is 0 Å². The lowest BCUT2D eigenvalue weighted by molar-refractivity contribution is -0.384. The molecule has 0 radical (unpaired) electrons. The highest BCUT2D eigenvalue weighted by molar-refractivity contribution is 7.90. The molecule has 4 rings (SSSR count). The monoisotopic (exact) mass is 417 g/mol. The van der Waals surface area contributed by atoms with Crippen LogP contribution in [-0.4, -0.2) is 52.0 Å². The summed E-state index contributed by atoms with van der Waals surface area (Å²) >= 11 is 0. The van der Waals surface area contributed by atoms with Gasteiger partial charge in [-0.25, -0.2) is 22.7 Å². The molecular formula is C19H23N5O4S. The molecule has 0 bridgehead atoms. The maximum Gasteiger partial charge on any atom is 0.270 e. The quantitative estimate of drug-likeness (QED) is 0.567. The first-order valence-corrected chi connectivity index (χ1v) is 11.2. The van der Waals surface area contributed by atoms with Crippen molar-refractivity contribution in [3.63, 3.8) is 0 Å². The highest BCUT2D eigenvalue weighted by Gasteiger charge is 2.41. The van der Waals surface area contributed by atoms with Crippen molar-refractivity contribution < 1.29 is 13.3 Å². The molecule has 0 atom stereocenters. The Morgan fingerprint density at radius 1 is 1.14 bits per heavy atom. The number of aromatic nitrogens is 2. The molecule has 0 amide bonds. The minimum atomic E-state index is -3.12. The molecular weight excluding hydrogens is 394 g/mol. The van der Waals surface area contributed by atoms with E-state index in [0.717, 1.165) is 18.5 Å². The Balaban J connectivity index is 1.46. The standard InChI is InChI=1S/C19H23N5O4S/c1-13-11-18(22-19(20-13)14-3-2-4-16(12-14)24(25)26)21-15-7-9-23(10-8-15)29(27,28)17-5-6-17/h2-4,11-12,15,17H,5-10H2,1H3,(H,20,21,22). The topological polar surface area (TPSA) is 118 Å². The summed E-state index contributed by atoms with van der Waals surface area (Å²) in [6.45, 7) is 2.87. The lowest BCUT2D eigenvalue weighted by Crippen LogP contribution is -2.43. The van der Waals surface area contributed by atoms with Gasteiger partial charge in [0, 0.05) is 48.6 Å². The summed E-state index contributed by atoms with van der Waals surface area (Å²) in [6.07, 6.45) is 2.98. The van der Waals surface area contributed by atoms with Gasteiger partial charge in [-0.3, -0.25) is 10.1 Å². The van der Waals surface area contributed by atoms with Crippen LogP contribution in [0.25, 0.3) is 11.4 Å². The molecule has 9 nitrogen and oxygen atoms in total. The molecule has 1 N–H and O–H groups in total. The van der Waals surface area contributed by atoms with Gasteiger partial charge in [0.15, 0.2) is 5.82 Å². The average Bonchev–Trinajstić information content (AvgIpc) is 3.54. The number of hydrogen-bond acceptors (Lipinski definition) is 7. The summed E-state index contributed by atoms with van der Waals surface area (Å²) in [5.74, 6) is 1.06. The number of hydrogen-bond donors (Lipinski definition) is 1. The molecule has 2 aromatic rings. The van der Waals surface area contributed by atoms with Gasteiger partial charge in [-0.1, -0.05) is 12.1 Å². The van der Waals surface area contributed by atoms with E-state index in [2.05, 4.69) is 15.3 Å². The SMILES string of the molecule is Cc1cc(NC2CCN(S(=O)(=O)C3CC3)CC2)nc(-c2cccc([N+](=O)[O-])c2)n1. The number of sulfonamides is 1. The highest BCUT2D eigenvalue weighted by atomic mass is 32.2. The summed E-state index contributed by atoms with van der Waals surface area (Å²) in [5, 5.41) is 14.2. The van der Waals surface area contributed by atoms with Crippen LogP contribution in [0.4, 0.5) is 11.5 Å². The number of non-ortho nitro benzene ring substituents is 1. The number of piperidine rings is 1. The van der Waals surface area contributed by atoms with Gasteiger partial charge >= 0.3 is 0 Å². The van der Waals surface area contributed by atoms with Gasteiger partial charge in [-0.2, -0.15) is 0 Å². The minimum Gasteiger partial charge on any atom is -0.367 e. The van der Waals surface area contributed by atoms with Crippen LogP contribution in [0.3, 0.4) is 0 Å². The number of rotatable bonds is 6. The van der Waals surface area contributed by atoms with Gasteiger partial charge in [0.25, 0.3) is 5.69 Å². The molecule has 1 saturated carbocycles. The van der Waals surface area contributed by atoms with Crippen molar-refractivity contribution in [3.8, 4) is 11.4 Å². The third-order valence-corrected chi connectivity index (χ3v) is 7.68. The van der Waals surface area contributed by atoms with Crippen molar-refractivity contribution in [1.82, 2.24) is 14.3 Å². The summed E-state index contributed by atoms with van der Waals surface area (Å²) in [6, 6.07) is 8.19. The van der Waals surface area contributed by atoms with Gasteiger partial charge in [0.1, 0.15) is 5.82 Å². The number of anilines is 1. The van der Waals surface area contributed by atoms with E-state index < -0.39 is 14.9 Å². The fraction of sp³-hybridized carbons (Fsp3) is 0.474. The average molecular weight is 417 g/mol. The van der Waals surface area contributed by atoms with E-state index in [1.165, 1.54) is 12.1 Å². The molecule has 2 fully saturated rings. The van der Waals surface area contributed by atoms with Gasteiger partial charge in [0.05, 0.1) is 10.2 Å². The lowest BCUT2D eigenvalue weighted by atomic mass is 10.1. The smallest absolute Gasteiger partial charge is 0.270 e. The number of nitro benzene ring substituents is 1. The first-order valence-electron chi connectivity index (χ1n) is 9.69. The number of nitro groups is 1. The van der Waals surface area contributed by atoms with Crippen LogP contribution in [0.1, 0.15) is 31.4 Å². The zero-order valence-electron chi connectivity index (χ0n) is 16.1. The minimum absolute atomic E-state index is 0.00800. The molecule has 154 valence electrons. The van der Waals surface area contributed by atoms with Crippen LogP contribution < -0.4 is 5.32 Å². The van der Waals surface area contributed by atoms with Crippen LogP contribution in [0.2, 0.25) is 0 Å². The second-order valence-electron chi connectivity index (χ2n) is 7.59. The Bertz CT molecular complexity index is 1030. The molecule has 1 aromatic heterocycles. The van der Waals surface area contributed by atoms with Gasteiger partial charge in [0.2, 0.25) is 10.0 Å². The van der Waals surface area contributed by atoms with Crippen molar-refractivity contribution >= 4 is 21.5 Å². The van der Waals surface area contributed by atoms with Crippen molar-refractivity contribution in [2.75, 3.05) is 18.4 Å². The predicted molar refractivity (Wildman–Crippen MR) is 109 cm³/mol. The Morgan fingerprint density at radius 2 is 1.86 bits per heavy atom. The second kappa shape index (κ2) is 7.68. The fourth-order valence-electron chi connectivity index (χ4n) is 3.57. The first kappa shape index (κ1) is 19.7. The molecule has 0 unspecified atom stereocenters. The predicted octanol–water partition coefficient (Wildman–Crippen LogP) is 2.73. The van der Waals surface area contributed by atoms with Crippen molar-refractivity contribution in [2.45, 2.75) is 43.9 Å². The Kier molecular flexibility index (Phi) is 5.22. The molecule has 1 aromatic carbocycles. The van der Waals surface area contributed by atoms with E-state index in [0.29, 0.717) is 43.1 Å². The summed E-state index contributed by atoms with van der Waals surface area (Å²) < 4.78 is 26.4. The molecule has 29 heavy (non-hydrogen) atoms. The maximum atomic E-state index is 12.4. The zero-order chi connectivity index (χ0) is 20.6. The summed E-state index contributed by atoms with van der Waals surface area (Å²) in [7, 11) is -3.12. The van der Waals surface area contributed by atoms with E-state index >= 15 is 0 Å². The number of aryl methyl sites for hydroxylation is 1. The van der Waals surface area contributed by atoms with Crippen LogP contribution in [0, 0.1) is 17.0 Å². The molecule has 2 heterocycles. The van der Waals surface area contributed by atoms with E-state index in [-0.39, 0.29) is 17.0 Å². The first-order chi connectivity index (χ1) is 13.8. The van der Waals surface area contributed by atoms with Crippen LogP contribution in [0.15, 0.2) is 30.3 Å². The zero-order valence-corrected chi connectivity index (χ0v) is 16.9. The van der Waals surface area contributed by atoms with Crippen molar-refractivity contribution in [1.29, 1.82) is 0 Å². The fourth-order valence-corrected chi connectivity index (χ4v) is 5.44. The Labute approximate surface area is 169 Å². The van der Waals surface area contributed by atoms with E-state index in [1.54, 1.807) is 16.4 Å². The number of benzene rings is 1. The number of nitrogens with one attached hydrogen (secondary N) is 1. The third-order valence-electron chi connectivity index (χ3n) is 5.28. The normalized spacial score (nSPS) is 18.5. The molecule has 2 aliphatic rings. The van der Waals surface area contributed by atoms with Crippen LogP contribution in [0.5, 0.6) is 0 Å². The van der Waals surface area contributed by atoms with Crippen molar-refractivity contribution in [3.05, 3.63) is 46.1 Å². The molecule has 0 spiro atoms. The van der Waals surface area contributed by atoms with E-state index in [9.17, 15) is 18.5 Å². The summed E-state index contributed by atoms with van der Waals surface area (Å²) in [5.41, 5.74) is 1.32. The molecule has 1 aliphatic heterocycles. The molecule has 1 saturated heterocycles. The van der Waals surface area contributed by atoms with Gasteiger partial charge in [-0.15, -0.1) is 0 Å². The highest BCUT2D eigenvalue weighted by Crippen LogP contribution is 2.32. The Hall–Kier alpha value is -2.59. The van der Waals surface area contributed by atoms with Crippen LogP contribution >= 0.6 is 0 Å². The Morgan fingerprint density at radius 3 is 2.52 bits per heavy atom. The lowest BCUT2D eigenvalue weighted by Gasteiger charge is -2.32. The van der Waals surface area contributed by atoms with Gasteiger partial charge in [-0.05, 0) is 32.6 Å². The van der Waals surface area contributed by atoms with E-state index in [4.69, 9.17) is 0 Å². The van der Waals surface area contributed by atoms with Crippen LogP contribution in [-0.2, 0) is 10.0 Å².